The molecule has 22 heavy (non-hydrogen) atoms. The van der Waals surface area contributed by atoms with Crippen LogP contribution in [0.2, 0.25) is 5.02 Å². The fourth-order valence-electron chi connectivity index (χ4n) is 1.46. The smallest absolute Gasteiger partial charge is 0.451 e. The minimum absolute atomic E-state index is 0.406. The number of anilines is 1. The van der Waals surface area contributed by atoms with Gasteiger partial charge in [-0.15, -0.1) is 5.10 Å². The number of carbonyl (C=O) groups excluding carboxylic acids is 1. The number of nitrogens with one attached hydrogen (secondary N) is 2. The Balaban J connectivity index is 1.90. The average Bonchev–Trinajstić information content (AvgIpc) is 2.88. The first-order valence-electron chi connectivity index (χ1n) is 5.94. The van der Waals surface area contributed by atoms with Gasteiger partial charge in [-0.05, 0) is 30.7 Å². The van der Waals surface area contributed by atoms with E-state index in [4.69, 9.17) is 16.3 Å². The minimum atomic E-state index is -4.66. The van der Waals surface area contributed by atoms with Crippen molar-refractivity contribution in [2.75, 3.05) is 11.9 Å². The second kappa shape index (κ2) is 6.22. The molecule has 0 saturated heterocycles. The van der Waals surface area contributed by atoms with Crippen molar-refractivity contribution in [1.29, 1.82) is 0 Å². The lowest BCUT2D eigenvalue weighted by Crippen LogP contribution is -2.21. The molecule has 1 amide bonds. The molecule has 0 aliphatic heterocycles. The van der Waals surface area contributed by atoms with Crippen LogP contribution in [0, 0.1) is 6.92 Å². The van der Waals surface area contributed by atoms with E-state index in [2.05, 4.69) is 15.4 Å². The van der Waals surface area contributed by atoms with Gasteiger partial charge in [-0.1, -0.05) is 11.6 Å². The van der Waals surface area contributed by atoms with Gasteiger partial charge in [0, 0.05) is 5.02 Å². The quantitative estimate of drug-likeness (QED) is 0.901. The predicted octanol–water partition coefficient (Wildman–Crippen LogP) is 2.80. The molecular formula is C12H10ClF3N4O2. The summed E-state index contributed by atoms with van der Waals surface area (Å²) in [6.45, 7) is 1.36. The number of rotatable bonds is 4. The predicted molar refractivity (Wildman–Crippen MR) is 71.7 cm³/mol. The number of hydrogen-bond acceptors (Lipinski definition) is 4. The van der Waals surface area contributed by atoms with Crippen molar-refractivity contribution in [3.63, 3.8) is 0 Å². The summed E-state index contributed by atoms with van der Waals surface area (Å²) in [5.74, 6) is -2.06. The van der Waals surface area contributed by atoms with Crippen molar-refractivity contribution in [1.82, 2.24) is 15.2 Å². The largest absolute Gasteiger partial charge is 0.484 e. The first kappa shape index (κ1) is 16.1. The lowest BCUT2D eigenvalue weighted by Gasteiger charge is -2.07. The van der Waals surface area contributed by atoms with Gasteiger partial charge in [-0.3, -0.25) is 15.2 Å². The summed E-state index contributed by atoms with van der Waals surface area (Å²) in [7, 11) is 0. The van der Waals surface area contributed by atoms with Crippen molar-refractivity contribution < 1.29 is 22.7 Å². The summed E-state index contributed by atoms with van der Waals surface area (Å²) in [5.41, 5.74) is 0.767. The second-order valence-corrected chi connectivity index (χ2v) is 4.66. The van der Waals surface area contributed by atoms with Gasteiger partial charge in [-0.25, -0.2) is 0 Å². The van der Waals surface area contributed by atoms with Gasteiger partial charge < -0.3 is 4.74 Å². The number of aromatic amines is 1. The van der Waals surface area contributed by atoms with Crippen molar-refractivity contribution in [3.05, 3.63) is 34.6 Å². The van der Waals surface area contributed by atoms with Gasteiger partial charge in [-0.2, -0.15) is 18.2 Å². The third kappa shape index (κ3) is 4.10. The van der Waals surface area contributed by atoms with E-state index in [0.717, 1.165) is 5.56 Å². The van der Waals surface area contributed by atoms with E-state index in [9.17, 15) is 18.0 Å². The Labute approximate surface area is 127 Å². The van der Waals surface area contributed by atoms with Crippen LogP contribution >= 0.6 is 11.6 Å². The molecule has 10 heteroatoms. The maximum Gasteiger partial charge on any atom is 0.451 e. The standard InChI is InChI=1S/C12H10ClF3N4O2/c1-6-4-7(2-3-8(6)13)22-5-9(21)17-11-18-10(19-20-11)12(14,15)16/h2-4H,5H2,1H3,(H2,17,18,19,20,21). The summed E-state index contributed by atoms with van der Waals surface area (Å²) in [5, 5.41) is 7.56. The molecule has 0 spiro atoms. The van der Waals surface area contributed by atoms with Crippen LogP contribution in [-0.2, 0) is 11.0 Å². The van der Waals surface area contributed by atoms with E-state index < -0.39 is 30.5 Å². The molecule has 2 N–H and O–H groups in total. The van der Waals surface area contributed by atoms with E-state index in [1.165, 1.54) is 0 Å². The van der Waals surface area contributed by atoms with E-state index in [0.29, 0.717) is 10.8 Å². The van der Waals surface area contributed by atoms with E-state index in [1.807, 2.05) is 0 Å². The van der Waals surface area contributed by atoms with Crippen molar-refractivity contribution in [2.24, 2.45) is 0 Å². The Morgan fingerprint density at radius 2 is 2.18 bits per heavy atom. The zero-order valence-corrected chi connectivity index (χ0v) is 11.9. The molecule has 0 radical (unpaired) electrons. The fourth-order valence-corrected chi connectivity index (χ4v) is 1.58. The summed E-state index contributed by atoms with van der Waals surface area (Å²) in [6, 6.07) is 4.80. The third-order valence-corrected chi connectivity index (χ3v) is 2.93. The van der Waals surface area contributed by atoms with E-state index >= 15 is 0 Å². The number of nitrogens with zero attached hydrogens (tertiary/aromatic N) is 2. The molecule has 1 heterocycles. The molecule has 1 aromatic heterocycles. The summed E-state index contributed by atoms with van der Waals surface area (Å²) in [4.78, 5) is 14.7. The molecule has 0 fully saturated rings. The van der Waals surface area contributed by atoms with Crippen molar-refractivity contribution in [2.45, 2.75) is 13.1 Å². The van der Waals surface area contributed by atoms with Gasteiger partial charge in [0.15, 0.2) is 6.61 Å². The van der Waals surface area contributed by atoms with Gasteiger partial charge in [0.2, 0.25) is 11.8 Å². The Bertz CT molecular complexity index is 687. The normalized spacial score (nSPS) is 11.3. The monoisotopic (exact) mass is 334 g/mol. The van der Waals surface area contributed by atoms with Gasteiger partial charge in [0.25, 0.3) is 5.91 Å². The average molecular weight is 335 g/mol. The SMILES string of the molecule is Cc1cc(OCC(=O)Nc2n[nH]c(C(F)(F)F)n2)ccc1Cl. The number of hydrogen-bond donors (Lipinski definition) is 2. The summed E-state index contributed by atoms with van der Waals surface area (Å²) >= 11 is 5.84. The molecule has 2 rings (SSSR count). The molecule has 0 saturated carbocycles. The molecule has 2 aromatic rings. The fraction of sp³-hybridized carbons (Fsp3) is 0.250. The van der Waals surface area contributed by atoms with Crippen LogP contribution in [0.4, 0.5) is 19.1 Å². The number of aryl methyl sites for hydroxylation is 1. The van der Waals surface area contributed by atoms with Gasteiger partial charge in [0.05, 0.1) is 0 Å². The van der Waals surface area contributed by atoms with Gasteiger partial charge in [0.1, 0.15) is 5.75 Å². The number of ether oxygens (including phenoxy) is 1. The number of amides is 1. The minimum Gasteiger partial charge on any atom is -0.484 e. The molecule has 118 valence electrons. The summed E-state index contributed by atoms with van der Waals surface area (Å²) < 4.78 is 42.1. The summed E-state index contributed by atoms with van der Waals surface area (Å²) in [6.07, 6.45) is -4.66. The van der Waals surface area contributed by atoms with Crippen LogP contribution in [0.25, 0.3) is 0 Å². The van der Waals surface area contributed by atoms with Gasteiger partial charge >= 0.3 is 6.18 Å². The molecule has 0 aliphatic rings. The Morgan fingerprint density at radius 3 is 2.77 bits per heavy atom. The van der Waals surface area contributed by atoms with Crippen molar-refractivity contribution >= 4 is 23.5 Å². The number of benzene rings is 1. The Hall–Kier alpha value is -2.29. The molecule has 0 bridgehead atoms. The Kier molecular flexibility index (Phi) is 4.55. The number of halogens is 4. The zero-order valence-electron chi connectivity index (χ0n) is 11.2. The third-order valence-electron chi connectivity index (χ3n) is 2.50. The highest BCUT2D eigenvalue weighted by atomic mass is 35.5. The number of alkyl halides is 3. The topological polar surface area (TPSA) is 79.9 Å². The van der Waals surface area contributed by atoms with Crippen LogP contribution in [0.15, 0.2) is 18.2 Å². The highest BCUT2D eigenvalue weighted by molar-refractivity contribution is 6.31. The number of aromatic nitrogens is 3. The lowest BCUT2D eigenvalue weighted by atomic mass is 10.2. The van der Waals surface area contributed by atoms with Crippen molar-refractivity contribution in [3.8, 4) is 5.75 Å². The molecule has 0 unspecified atom stereocenters. The highest BCUT2D eigenvalue weighted by Gasteiger charge is 2.35. The zero-order chi connectivity index (χ0) is 16.3. The molecular weight excluding hydrogens is 325 g/mol. The van der Waals surface area contributed by atoms with Crippen LogP contribution in [0.3, 0.4) is 0 Å². The first-order chi connectivity index (χ1) is 10.3. The Morgan fingerprint density at radius 1 is 1.45 bits per heavy atom. The molecule has 1 aromatic carbocycles. The van der Waals surface area contributed by atoms with E-state index in [1.54, 1.807) is 30.2 Å². The highest BCUT2D eigenvalue weighted by Crippen LogP contribution is 2.26. The second-order valence-electron chi connectivity index (χ2n) is 4.25. The molecule has 0 aliphatic carbocycles. The van der Waals surface area contributed by atoms with E-state index in [-0.39, 0.29) is 0 Å². The molecule has 0 atom stereocenters. The van der Waals surface area contributed by atoms with Crippen LogP contribution in [-0.4, -0.2) is 27.7 Å². The lowest BCUT2D eigenvalue weighted by molar-refractivity contribution is -0.144. The van der Waals surface area contributed by atoms with Crippen LogP contribution in [0.5, 0.6) is 5.75 Å². The molecule has 6 nitrogen and oxygen atoms in total. The van der Waals surface area contributed by atoms with Crippen LogP contribution in [0.1, 0.15) is 11.4 Å². The number of carbonyl (C=O) groups is 1. The maximum absolute atomic E-state index is 12.3. The first-order valence-corrected chi connectivity index (χ1v) is 6.32. The number of H-pyrrole nitrogens is 1. The van der Waals surface area contributed by atoms with Crippen LogP contribution < -0.4 is 10.1 Å². The maximum atomic E-state index is 12.3.